The number of aliphatic hydroxyl groups excluding tert-OH is 1. The SMILES string of the molecule is COC(=O)CCCc1cccc([C@H]2CCCC2CO)c1O. The zero-order valence-electron chi connectivity index (χ0n) is 12.5. The second kappa shape index (κ2) is 7.46. The molecular weight excluding hydrogens is 268 g/mol. The average Bonchev–Trinajstić information content (AvgIpc) is 2.97. The number of aryl methyl sites for hydroxylation is 1. The number of para-hydroxylation sites is 1. The molecule has 1 aromatic carbocycles. The zero-order valence-corrected chi connectivity index (χ0v) is 12.5. The third kappa shape index (κ3) is 3.76. The third-order valence-corrected chi connectivity index (χ3v) is 4.50. The molecule has 1 aliphatic rings. The summed E-state index contributed by atoms with van der Waals surface area (Å²) in [6.07, 6.45) is 4.82. The molecule has 1 fully saturated rings. The minimum atomic E-state index is -0.221. The molecule has 4 heteroatoms. The quantitative estimate of drug-likeness (QED) is 0.791. The van der Waals surface area contributed by atoms with Crippen molar-refractivity contribution in [1.29, 1.82) is 0 Å². The summed E-state index contributed by atoms with van der Waals surface area (Å²) in [7, 11) is 1.38. The highest BCUT2D eigenvalue weighted by Crippen LogP contribution is 2.43. The summed E-state index contributed by atoms with van der Waals surface area (Å²) in [5.74, 6) is 0.617. The Morgan fingerprint density at radius 1 is 1.38 bits per heavy atom. The molecule has 0 spiro atoms. The Kier molecular flexibility index (Phi) is 5.62. The average molecular weight is 292 g/mol. The molecule has 0 aliphatic heterocycles. The van der Waals surface area contributed by atoms with Crippen molar-refractivity contribution in [3.8, 4) is 5.75 Å². The van der Waals surface area contributed by atoms with E-state index in [2.05, 4.69) is 4.74 Å². The molecule has 0 saturated heterocycles. The number of methoxy groups -OCH3 is 1. The number of ether oxygens (including phenoxy) is 1. The summed E-state index contributed by atoms with van der Waals surface area (Å²) in [4.78, 5) is 11.1. The smallest absolute Gasteiger partial charge is 0.305 e. The number of carbonyl (C=O) groups excluding carboxylic acids is 1. The van der Waals surface area contributed by atoms with E-state index in [4.69, 9.17) is 0 Å². The maximum Gasteiger partial charge on any atom is 0.305 e. The van der Waals surface area contributed by atoms with Crippen LogP contribution in [-0.2, 0) is 16.0 Å². The van der Waals surface area contributed by atoms with Crippen molar-refractivity contribution in [3.05, 3.63) is 29.3 Å². The van der Waals surface area contributed by atoms with Gasteiger partial charge in [0.2, 0.25) is 0 Å². The van der Waals surface area contributed by atoms with Crippen LogP contribution in [0.4, 0.5) is 0 Å². The normalized spacial score (nSPS) is 21.4. The van der Waals surface area contributed by atoms with Crippen LogP contribution in [0.15, 0.2) is 18.2 Å². The van der Waals surface area contributed by atoms with Crippen LogP contribution in [0.3, 0.4) is 0 Å². The van der Waals surface area contributed by atoms with E-state index in [9.17, 15) is 15.0 Å². The van der Waals surface area contributed by atoms with E-state index in [0.29, 0.717) is 25.0 Å². The fourth-order valence-electron chi connectivity index (χ4n) is 3.30. The number of aromatic hydroxyl groups is 1. The lowest BCUT2D eigenvalue weighted by atomic mass is 9.87. The fraction of sp³-hybridized carbons (Fsp3) is 0.588. The van der Waals surface area contributed by atoms with Crippen LogP contribution in [0, 0.1) is 5.92 Å². The minimum Gasteiger partial charge on any atom is -0.507 e. The molecule has 116 valence electrons. The van der Waals surface area contributed by atoms with Crippen molar-refractivity contribution in [2.75, 3.05) is 13.7 Å². The zero-order chi connectivity index (χ0) is 15.2. The van der Waals surface area contributed by atoms with Gasteiger partial charge in [0.15, 0.2) is 0 Å². The first-order chi connectivity index (χ1) is 10.2. The van der Waals surface area contributed by atoms with Crippen molar-refractivity contribution in [3.63, 3.8) is 0 Å². The first-order valence-corrected chi connectivity index (χ1v) is 7.65. The second-order valence-electron chi connectivity index (χ2n) is 5.76. The highest BCUT2D eigenvalue weighted by Gasteiger charge is 2.30. The molecule has 0 aromatic heterocycles. The van der Waals surface area contributed by atoms with E-state index < -0.39 is 0 Å². The van der Waals surface area contributed by atoms with Crippen LogP contribution in [0.1, 0.15) is 49.1 Å². The molecule has 0 radical (unpaired) electrons. The number of rotatable bonds is 6. The molecule has 1 aliphatic carbocycles. The van der Waals surface area contributed by atoms with Crippen LogP contribution in [0.5, 0.6) is 5.75 Å². The van der Waals surface area contributed by atoms with Gasteiger partial charge in [-0.3, -0.25) is 4.79 Å². The Morgan fingerprint density at radius 2 is 2.19 bits per heavy atom. The summed E-state index contributed by atoms with van der Waals surface area (Å²) in [5.41, 5.74) is 1.82. The number of phenols is 1. The molecule has 1 saturated carbocycles. The Morgan fingerprint density at radius 3 is 2.90 bits per heavy atom. The topological polar surface area (TPSA) is 66.8 Å². The fourth-order valence-corrected chi connectivity index (χ4v) is 3.30. The van der Waals surface area contributed by atoms with Gasteiger partial charge in [0.05, 0.1) is 7.11 Å². The molecular formula is C17H24O4. The largest absolute Gasteiger partial charge is 0.507 e. The molecule has 21 heavy (non-hydrogen) atoms. The standard InChI is InChI=1S/C17H24O4/c1-21-16(19)10-4-6-12-5-2-9-15(17(12)20)14-8-3-7-13(14)11-18/h2,5,9,13-14,18,20H,3-4,6-8,10-11H2,1H3/t13?,14-/m0/s1. The maximum atomic E-state index is 11.1. The molecule has 0 amide bonds. The molecule has 2 atom stereocenters. The lowest BCUT2D eigenvalue weighted by Crippen LogP contribution is -2.11. The number of hydrogen-bond donors (Lipinski definition) is 2. The Hall–Kier alpha value is -1.55. The molecule has 2 rings (SSSR count). The van der Waals surface area contributed by atoms with Crippen LogP contribution in [0.2, 0.25) is 0 Å². The van der Waals surface area contributed by atoms with Crippen LogP contribution in [0.25, 0.3) is 0 Å². The van der Waals surface area contributed by atoms with Crippen molar-refractivity contribution in [2.24, 2.45) is 5.92 Å². The highest BCUT2D eigenvalue weighted by molar-refractivity contribution is 5.69. The number of phenolic OH excluding ortho intramolecular Hbond substituents is 1. The van der Waals surface area contributed by atoms with Gasteiger partial charge in [0.1, 0.15) is 5.75 Å². The van der Waals surface area contributed by atoms with E-state index in [0.717, 1.165) is 30.4 Å². The summed E-state index contributed by atoms with van der Waals surface area (Å²) in [6.45, 7) is 0.177. The van der Waals surface area contributed by atoms with Crippen LogP contribution >= 0.6 is 0 Å². The Bertz CT molecular complexity index is 484. The van der Waals surface area contributed by atoms with Crippen molar-refractivity contribution in [1.82, 2.24) is 0 Å². The third-order valence-electron chi connectivity index (χ3n) is 4.50. The Labute approximate surface area is 125 Å². The number of esters is 1. The van der Waals surface area contributed by atoms with Gasteiger partial charge in [-0.15, -0.1) is 0 Å². The Balaban J connectivity index is 2.07. The number of aliphatic hydroxyl groups is 1. The van der Waals surface area contributed by atoms with E-state index in [1.807, 2.05) is 18.2 Å². The number of hydrogen-bond acceptors (Lipinski definition) is 4. The minimum absolute atomic E-state index is 0.177. The van der Waals surface area contributed by atoms with Gasteiger partial charge in [0.25, 0.3) is 0 Å². The maximum absolute atomic E-state index is 11.1. The van der Waals surface area contributed by atoms with Gasteiger partial charge in [-0.2, -0.15) is 0 Å². The molecule has 1 aromatic rings. The van der Waals surface area contributed by atoms with Gasteiger partial charge < -0.3 is 14.9 Å². The number of benzene rings is 1. The van der Waals surface area contributed by atoms with E-state index in [1.54, 1.807) is 0 Å². The molecule has 0 bridgehead atoms. The van der Waals surface area contributed by atoms with Gasteiger partial charge in [0, 0.05) is 13.0 Å². The summed E-state index contributed by atoms with van der Waals surface area (Å²) >= 11 is 0. The monoisotopic (exact) mass is 292 g/mol. The number of carbonyl (C=O) groups is 1. The highest BCUT2D eigenvalue weighted by atomic mass is 16.5. The lowest BCUT2D eigenvalue weighted by Gasteiger charge is -2.20. The van der Waals surface area contributed by atoms with E-state index in [-0.39, 0.29) is 24.4 Å². The summed E-state index contributed by atoms with van der Waals surface area (Å²) in [6, 6.07) is 5.81. The van der Waals surface area contributed by atoms with Gasteiger partial charge in [-0.05, 0) is 48.6 Å². The molecule has 4 nitrogen and oxygen atoms in total. The molecule has 1 unspecified atom stereocenters. The first-order valence-electron chi connectivity index (χ1n) is 7.65. The first kappa shape index (κ1) is 15.8. The second-order valence-corrected chi connectivity index (χ2v) is 5.76. The van der Waals surface area contributed by atoms with Crippen molar-refractivity contribution in [2.45, 2.75) is 44.4 Å². The van der Waals surface area contributed by atoms with Gasteiger partial charge in [-0.25, -0.2) is 0 Å². The summed E-state index contributed by atoms with van der Waals surface area (Å²) < 4.78 is 4.62. The van der Waals surface area contributed by atoms with Crippen LogP contribution in [-0.4, -0.2) is 29.9 Å². The van der Waals surface area contributed by atoms with Gasteiger partial charge in [-0.1, -0.05) is 24.6 Å². The van der Waals surface area contributed by atoms with E-state index in [1.165, 1.54) is 7.11 Å². The van der Waals surface area contributed by atoms with Crippen molar-refractivity contribution < 1.29 is 19.7 Å². The predicted octanol–water partition coefficient (Wildman–Crippen LogP) is 2.76. The van der Waals surface area contributed by atoms with Crippen molar-refractivity contribution >= 4 is 5.97 Å². The van der Waals surface area contributed by atoms with E-state index >= 15 is 0 Å². The van der Waals surface area contributed by atoms with Crippen LogP contribution < -0.4 is 0 Å². The summed E-state index contributed by atoms with van der Waals surface area (Å²) in [5, 5.41) is 19.9. The predicted molar refractivity (Wildman–Crippen MR) is 80.2 cm³/mol. The molecule has 2 N–H and O–H groups in total. The lowest BCUT2D eigenvalue weighted by molar-refractivity contribution is -0.140. The van der Waals surface area contributed by atoms with Gasteiger partial charge >= 0.3 is 5.97 Å². The molecule has 0 heterocycles.